The second kappa shape index (κ2) is 5.33. The van der Waals surface area contributed by atoms with Gasteiger partial charge in [-0.2, -0.15) is 0 Å². The number of halogens is 2. The van der Waals surface area contributed by atoms with Crippen molar-refractivity contribution in [3.63, 3.8) is 0 Å². The van der Waals surface area contributed by atoms with Crippen LogP contribution in [0.4, 0.5) is 0 Å². The second-order valence-corrected chi connectivity index (χ2v) is 5.31. The van der Waals surface area contributed by atoms with Gasteiger partial charge in [0.1, 0.15) is 0 Å². The van der Waals surface area contributed by atoms with Crippen molar-refractivity contribution in [3.8, 4) is 0 Å². The first kappa shape index (κ1) is 11.4. The van der Waals surface area contributed by atoms with Crippen LogP contribution in [-0.2, 0) is 0 Å². The van der Waals surface area contributed by atoms with E-state index in [1.165, 1.54) is 31.2 Å². The fraction of sp³-hybridized carbons (Fsp3) is 0.500. The van der Waals surface area contributed by atoms with Crippen molar-refractivity contribution >= 4 is 27.5 Å². The fourth-order valence-corrected chi connectivity index (χ4v) is 2.78. The van der Waals surface area contributed by atoms with Crippen LogP contribution in [0.2, 0.25) is 5.02 Å². The van der Waals surface area contributed by atoms with Gasteiger partial charge in [0.25, 0.3) is 0 Å². The maximum Gasteiger partial charge on any atom is 0.0410 e. The van der Waals surface area contributed by atoms with Gasteiger partial charge in [0.05, 0.1) is 0 Å². The van der Waals surface area contributed by atoms with Gasteiger partial charge in [-0.15, -0.1) is 0 Å². The summed E-state index contributed by atoms with van der Waals surface area (Å²) in [5, 5.41) is 4.40. The Morgan fingerprint density at radius 3 is 3.00 bits per heavy atom. The summed E-state index contributed by atoms with van der Waals surface area (Å²) in [5.41, 5.74) is 1.30. The molecule has 1 aliphatic heterocycles. The molecule has 0 aliphatic carbocycles. The van der Waals surface area contributed by atoms with Crippen molar-refractivity contribution in [1.29, 1.82) is 0 Å². The van der Waals surface area contributed by atoms with E-state index < -0.39 is 0 Å². The largest absolute Gasteiger partial charge is 0.310 e. The Morgan fingerprint density at radius 1 is 1.27 bits per heavy atom. The topological polar surface area (TPSA) is 12.0 Å². The van der Waals surface area contributed by atoms with Crippen molar-refractivity contribution in [2.45, 2.75) is 31.7 Å². The molecule has 3 heteroatoms. The Bertz CT molecular complexity index is 332. The van der Waals surface area contributed by atoms with Gasteiger partial charge in [-0.3, -0.25) is 0 Å². The van der Waals surface area contributed by atoms with E-state index in [1.54, 1.807) is 0 Å². The third-order valence-corrected chi connectivity index (χ3v) is 3.85. The van der Waals surface area contributed by atoms with Crippen LogP contribution in [0, 0.1) is 0 Å². The highest BCUT2D eigenvalue weighted by atomic mass is 79.9. The molecule has 0 radical (unpaired) electrons. The molecule has 2 rings (SSSR count). The predicted octanol–water partition coefficient (Wildman–Crippen LogP) is 4.31. The molecule has 1 heterocycles. The minimum Gasteiger partial charge on any atom is -0.310 e. The molecule has 1 nitrogen and oxygen atoms in total. The number of nitrogens with one attached hydrogen (secondary N) is 1. The molecule has 0 saturated carbocycles. The summed E-state index contributed by atoms with van der Waals surface area (Å²) < 4.78 is 1.16. The standard InChI is InChI=1S/C12H15BrClN/c13-11-6-5-9(14)8-10(11)12-4-2-1-3-7-15-12/h5-6,8,12,15H,1-4,7H2. The van der Waals surface area contributed by atoms with Crippen molar-refractivity contribution in [3.05, 3.63) is 33.3 Å². The zero-order chi connectivity index (χ0) is 10.7. The van der Waals surface area contributed by atoms with Crippen molar-refractivity contribution in [2.75, 3.05) is 6.54 Å². The summed E-state index contributed by atoms with van der Waals surface area (Å²) in [6.07, 6.45) is 5.13. The molecule has 1 unspecified atom stereocenters. The first-order valence-corrected chi connectivity index (χ1v) is 6.63. The number of hydrogen-bond acceptors (Lipinski definition) is 1. The van der Waals surface area contributed by atoms with Crippen LogP contribution in [0.1, 0.15) is 37.3 Å². The average Bonchev–Trinajstić information content (AvgIpc) is 2.50. The Hall–Kier alpha value is -0.0500. The summed E-state index contributed by atoms with van der Waals surface area (Å²) in [6.45, 7) is 1.11. The first-order valence-electron chi connectivity index (χ1n) is 5.46. The highest BCUT2D eigenvalue weighted by Crippen LogP contribution is 2.30. The van der Waals surface area contributed by atoms with Crippen LogP contribution in [-0.4, -0.2) is 6.54 Å². The van der Waals surface area contributed by atoms with Gasteiger partial charge in [-0.05, 0) is 43.1 Å². The molecule has 15 heavy (non-hydrogen) atoms. The summed E-state index contributed by atoms with van der Waals surface area (Å²) in [6, 6.07) is 6.48. The quantitative estimate of drug-likeness (QED) is 0.812. The maximum absolute atomic E-state index is 6.03. The van der Waals surface area contributed by atoms with Gasteiger partial charge < -0.3 is 5.32 Å². The average molecular weight is 289 g/mol. The second-order valence-electron chi connectivity index (χ2n) is 4.02. The Labute approximate surface area is 104 Å². The summed E-state index contributed by atoms with van der Waals surface area (Å²) in [5.74, 6) is 0. The summed E-state index contributed by atoms with van der Waals surface area (Å²) in [4.78, 5) is 0. The minimum atomic E-state index is 0.459. The van der Waals surface area contributed by atoms with Crippen molar-refractivity contribution in [2.24, 2.45) is 0 Å². The molecule has 1 fully saturated rings. The Balaban J connectivity index is 2.22. The van der Waals surface area contributed by atoms with Gasteiger partial charge in [0, 0.05) is 15.5 Å². The van der Waals surface area contributed by atoms with Crippen molar-refractivity contribution < 1.29 is 0 Å². The van der Waals surface area contributed by atoms with Crippen LogP contribution in [0.25, 0.3) is 0 Å². The lowest BCUT2D eigenvalue weighted by molar-refractivity contribution is 0.533. The highest BCUT2D eigenvalue weighted by molar-refractivity contribution is 9.10. The Kier molecular flexibility index (Phi) is 4.06. The minimum absolute atomic E-state index is 0.459. The predicted molar refractivity (Wildman–Crippen MR) is 68.4 cm³/mol. The molecule has 1 aromatic carbocycles. The van der Waals surface area contributed by atoms with E-state index in [4.69, 9.17) is 11.6 Å². The lowest BCUT2D eigenvalue weighted by atomic mass is 10.0. The monoisotopic (exact) mass is 287 g/mol. The molecule has 82 valence electrons. The van der Waals surface area contributed by atoms with E-state index in [0.29, 0.717) is 6.04 Å². The van der Waals surface area contributed by atoms with Gasteiger partial charge in [-0.1, -0.05) is 40.4 Å². The summed E-state index contributed by atoms with van der Waals surface area (Å²) >= 11 is 9.62. The SMILES string of the molecule is Clc1ccc(Br)c(C2CCCCCN2)c1. The Morgan fingerprint density at radius 2 is 2.13 bits per heavy atom. The molecule has 0 aromatic heterocycles. The van der Waals surface area contributed by atoms with E-state index in [-0.39, 0.29) is 0 Å². The maximum atomic E-state index is 6.03. The molecule has 0 bridgehead atoms. The summed E-state index contributed by atoms with van der Waals surface area (Å²) in [7, 11) is 0. The highest BCUT2D eigenvalue weighted by Gasteiger charge is 2.16. The number of hydrogen-bond donors (Lipinski definition) is 1. The van der Waals surface area contributed by atoms with Crippen LogP contribution >= 0.6 is 27.5 Å². The van der Waals surface area contributed by atoms with Gasteiger partial charge in [0.15, 0.2) is 0 Å². The van der Waals surface area contributed by atoms with E-state index in [9.17, 15) is 0 Å². The molecule has 1 atom stereocenters. The molecular formula is C12H15BrClN. The molecule has 1 aliphatic rings. The number of benzene rings is 1. The third kappa shape index (κ3) is 2.96. The lowest BCUT2D eigenvalue weighted by Gasteiger charge is -2.18. The van der Waals surface area contributed by atoms with Crippen LogP contribution < -0.4 is 5.32 Å². The molecule has 0 amide bonds. The van der Waals surface area contributed by atoms with E-state index in [0.717, 1.165) is 16.0 Å². The van der Waals surface area contributed by atoms with Gasteiger partial charge in [0.2, 0.25) is 0 Å². The van der Waals surface area contributed by atoms with Gasteiger partial charge >= 0.3 is 0 Å². The fourth-order valence-electron chi connectivity index (χ4n) is 2.08. The zero-order valence-corrected chi connectivity index (χ0v) is 10.9. The molecule has 1 N–H and O–H groups in total. The smallest absolute Gasteiger partial charge is 0.0410 e. The van der Waals surface area contributed by atoms with Gasteiger partial charge in [-0.25, -0.2) is 0 Å². The molecule has 1 aromatic rings. The molecule has 0 spiro atoms. The first-order chi connectivity index (χ1) is 7.27. The van der Waals surface area contributed by atoms with Crippen LogP contribution in [0.15, 0.2) is 22.7 Å². The lowest BCUT2D eigenvalue weighted by Crippen LogP contribution is -2.20. The number of rotatable bonds is 1. The van der Waals surface area contributed by atoms with Crippen LogP contribution in [0.5, 0.6) is 0 Å². The zero-order valence-electron chi connectivity index (χ0n) is 8.60. The van der Waals surface area contributed by atoms with E-state index >= 15 is 0 Å². The normalized spacial score (nSPS) is 22.4. The van der Waals surface area contributed by atoms with Crippen LogP contribution in [0.3, 0.4) is 0 Å². The van der Waals surface area contributed by atoms with Crippen molar-refractivity contribution in [1.82, 2.24) is 5.32 Å². The van der Waals surface area contributed by atoms with E-state index in [1.807, 2.05) is 12.1 Å². The van der Waals surface area contributed by atoms with E-state index in [2.05, 4.69) is 27.3 Å². The molecule has 1 saturated heterocycles. The molecular weight excluding hydrogens is 273 g/mol. The third-order valence-electron chi connectivity index (χ3n) is 2.89.